The summed E-state index contributed by atoms with van der Waals surface area (Å²) in [7, 11) is 0. The molecular weight excluding hydrogens is 184 g/mol. The van der Waals surface area contributed by atoms with Crippen LogP contribution in [0.5, 0.6) is 0 Å². The molecule has 2 unspecified atom stereocenters. The average Bonchev–Trinajstić information content (AvgIpc) is 2.32. The average molecular weight is 204 g/mol. The van der Waals surface area contributed by atoms with Crippen molar-refractivity contribution in [1.82, 2.24) is 10.2 Å². The van der Waals surface area contributed by atoms with Gasteiger partial charge in [-0.15, -0.1) is 0 Å². The molecule has 1 aliphatic carbocycles. The molecule has 82 valence electrons. The highest BCUT2D eigenvalue weighted by Gasteiger charge is 2.34. The van der Waals surface area contributed by atoms with Gasteiger partial charge in [-0.2, -0.15) is 0 Å². The predicted octanol–water partition coefficient (Wildman–Crippen LogP) is 1.55. The predicted molar refractivity (Wildman–Crippen MR) is 62.8 cm³/mol. The Bertz CT molecular complexity index is 274. The van der Waals surface area contributed by atoms with Gasteiger partial charge in [0.15, 0.2) is 0 Å². The van der Waals surface area contributed by atoms with Gasteiger partial charge in [0.05, 0.1) is 0 Å². The summed E-state index contributed by atoms with van der Waals surface area (Å²) in [6.45, 7) is 3.95. The number of hydrogen-bond acceptors (Lipinski definition) is 2. The Balaban J connectivity index is 1.59. The highest BCUT2D eigenvalue weighted by atomic mass is 15.2. The zero-order chi connectivity index (χ0) is 10.1. The van der Waals surface area contributed by atoms with Crippen molar-refractivity contribution in [1.29, 1.82) is 0 Å². The summed E-state index contributed by atoms with van der Waals surface area (Å²) in [6, 6.07) is 1.33. The number of nitrogens with one attached hydrogen (secondary N) is 1. The quantitative estimate of drug-likeness (QED) is 0.734. The summed E-state index contributed by atoms with van der Waals surface area (Å²) in [4.78, 5) is 2.61. The SMILES string of the molecule is C1=CCC(NC2CN3CCC2CC3)C=C1. The Hall–Kier alpha value is -0.600. The van der Waals surface area contributed by atoms with Crippen LogP contribution >= 0.6 is 0 Å². The third kappa shape index (κ3) is 2.01. The van der Waals surface area contributed by atoms with Crippen molar-refractivity contribution < 1.29 is 0 Å². The minimum atomic E-state index is 0.584. The lowest BCUT2D eigenvalue weighted by atomic mass is 9.83. The third-order valence-electron chi connectivity index (χ3n) is 4.06. The molecule has 0 amide bonds. The smallest absolute Gasteiger partial charge is 0.0290 e. The highest BCUT2D eigenvalue weighted by Crippen LogP contribution is 2.28. The van der Waals surface area contributed by atoms with E-state index in [1.165, 1.54) is 38.9 Å². The molecule has 0 spiro atoms. The number of fused-ring (bicyclic) bond motifs is 3. The summed E-state index contributed by atoms with van der Waals surface area (Å²) in [5.74, 6) is 0.939. The molecule has 4 rings (SSSR count). The number of nitrogens with zero attached hydrogens (tertiary/aromatic N) is 1. The van der Waals surface area contributed by atoms with E-state index in [0.29, 0.717) is 6.04 Å². The van der Waals surface area contributed by atoms with Crippen LogP contribution in [0, 0.1) is 5.92 Å². The maximum absolute atomic E-state index is 3.81. The minimum absolute atomic E-state index is 0.584. The van der Waals surface area contributed by atoms with Crippen molar-refractivity contribution in [2.24, 2.45) is 5.92 Å². The fourth-order valence-electron chi connectivity index (χ4n) is 3.13. The lowest BCUT2D eigenvalue weighted by molar-refractivity contribution is 0.0697. The molecule has 2 atom stereocenters. The van der Waals surface area contributed by atoms with Crippen molar-refractivity contribution in [3.05, 3.63) is 24.3 Å². The van der Waals surface area contributed by atoms with Crippen LogP contribution in [0.2, 0.25) is 0 Å². The third-order valence-corrected chi connectivity index (χ3v) is 4.06. The molecular formula is C13H20N2. The first-order valence-electron chi connectivity index (χ1n) is 6.23. The van der Waals surface area contributed by atoms with E-state index in [1.807, 2.05) is 0 Å². The monoisotopic (exact) mass is 204 g/mol. The summed E-state index contributed by atoms with van der Waals surface area (Å²) in [6.07, 6.45) is 12.9. The first-order valence-corrected chi connectivity index (χ1v) is 6.23. The van der Waals surface area contributed by atoms with E-state index in [-0.39, 0.29) is 0 Å². The molecule has 0 aromatic heterocycles. The Morgan fingerprint density at radius 2 is 2.00 bits per heavy atom. The molecule has 3 aliphatic heterocycles. The van der Waals surface area contributed by atoms with Crippen molar-refractivity contribution in [3.8, 4) is 0 Å². The van der Waals surface area contributed by atoms with Crippen LogP contribution in [-0.4, -0.2) is 36.6 Å². The van der Waals surface area contributed by atoms with Crippen LogP contribution < -0.4 is 5.32 Å². The zero-order valence-electron chi connectivity index (χ0n) is 9.23. The molecule has 3 fully saturated rings. The van der Waals surface area contributed by atoms with E-state index >= 15 is 0 Å². The second-order valence-electron chi connectivity index (χ2n) is 5.07. The molecule has 2 bridgehead atoms. The van der Waals surface area contributed by atoms with Gasteiger partial charge in [-0.05, 0) is 38.3 Å². The summed E-state index contributed by atoms with van der Waals surface area (Å²) in [5.41, 5.74) is 0. The van der Waals surface area contributed by atoms with E-state index < -0.39 is 0 Å². The molecule has 4 aliphatic rings. The normalized spacial score (nSPS) is 43.5. The summed E-state index contributed by atoms with van der Waals surface area (Å²) < 4.78 is 0. The lowest BCUT2D eigenvalue weighted by Crippen LogP contribution is -2.57. The number of rotatable bonds is 2. The zero-order valence-corrected chi connectivity index (χ0v) is 9.23. The summed E-state index contributed by atoms with van der Waals surface area (Å²) >= 11 is 0. The van der Waals surface area contributed by atoms with Gasteiger partial charge in [0.1, 0.15) is 0 Å². The van der Waals surface area contributed by atoms with Crippen molar-refractivity contribution in [2.45, 2.75) is 31.3 Å². The Morgan fingerprint density at radius 3 is 2.60 bits per heavy atom. The van der Waals surface area contributed by atoms with Gasteiger partial charge >= 0.3 is 0 Å². The number of hydrogen-bond donors (Lipinski definition) is 1. The van der Waals surface area contributed by atoms with E-state index in [4.69, 9.17) is 0 Å². The second-order valence-corrected chi connectivity index (χ2v) is 5.07. The lowest BCUT2D eigenvalue weighted by Gasteiger charge is -2.46. The number of piperidine rings is 3. The van der Waals surface area contributed by atoms with Crippen LogP contribution in [0.15, 0.2) is 24.3 Å². The Morgan fingerprint density at radius 1 is 1.13 bits per heavy atom. The Labute approximate surface area is 92.0 Å². The van der Waals surface area contributed by atoms with Crippen LogP contribution in [0.25, 0.3) is 0 Å². The molecule has 0 aromatic rings. The fraction of sp³-hybridized carbons (Fsp3) is 0.692. The van der Waals surface area contributed by atoms with E-state index in [2.05, 4.69) is 34.5 Å². The van der Waals surface area contributed by atoms with Crippen LogP contribution in [-0.2, 0) is 0 Å². The van der Waals surface area contributed by atoms with Crippen LogP contribution in [0.4, 0.5) is 0 Å². The van der Waals surface area contributed by atoms with Crippen molar-refractivity contribution in [3.63, 3.8) is 0 Å². The topological polar surface area (TPSA) is 15.3 Å². The summed E-state index contributed by atoms with van der Waals surface area (Å²) in [5, 5.41) is 3.81. The van der Waals surface area contributed by atoms with Crippen molar-refractivity contribution >= 4 is 0 Å². The highest BCUT2D eigenvalue weighted by molar-refractivity contribution is 5.14. The molecule has 3 saturated heterocycles. The van der Waals surface area contributed by atoms with Gasteiger partial charge in [0.2, 0.25) is 0 Å². The van der Waals surface area contributed by atoms with Gasteiger partial charge in [0.25, 0.3) is 0 Å². The van der Waals surface area contributed by atoms with Gasteiger partial charge in [-0.25, -0.2) is 0 Å². The van der Waals surface area contributed by atoms with Gasteiger partial charge < -0.3 is 10.2 Å². The maximum Gasteiger partial charge on any atom is 0.0290 e. The minimum Gasteiger partial charge on any atom is -0.306 e. The standard InChI is InChI=1S/C13H20N2/c1-2-4-12(5-3-1)14-13-10-15-8-6-11(13)7-9-15/h1-4,11-14H,5-10H2. The molecule has 15 heavy (non-hydrogen) atoms. The Kier molecular flexibility index (Phi) is 2.63. The molecule has 0 aromatic carbocycles. The first-order chi connectivity index (χ1) is 7.42. The molecule has 3 heterocycles. The molecule has 0 radical (unpaired) electrons. The van der Waals surface area contributed by atoms with Gasteiger partial charge in [-0.1, -0.05) is 24.3 Å². The van der Waals surface area contributed by atoms with Gasteiger partial charge in [0, 0.05) is 18.6 Å². The molecule has 0 saturated carbocycles. The largest absolute Gasteiger partial charge is 0.306 e. The first kappa shape index (κ1) is 9.61. The van der Waals surface area contributed by atoms with Crippen LogP contribution in [0.3, 0.4) is 0 Å². The molecule has 2 nitrogen and oxygen atoms in total. The van der Waals surface area contributed by atoms with Crippen molar-refractivity contribution in [2.75, 3.05) is 19.6 Å². The second kappa shape index (κ2) is 4.11. The fourth-order valence-corrected chi connectivity index (χ4v) is 3.13. The maximum atomic E-state index is 3.81. The van der Waals surface area contributed by atoms with E-state index in [9.17, 15) is 0 Å². The van der Waals surface area contributed by atoms with Crippen LogP contribution in [0.1, 0.15) is 19.3 Å². The molecule has 2 heteroatoms. The van der Waals surface area contributed by atoms with Gasteiger partial charge in [-0.3, -0.25) is 0 Å². The number of allylic oxidation sites excluding steroid dienone is 2. The molecule has 1 N–H and O–H groups in total. The van der Waals surface area contributed by atoms with E-state index in [0.717, 1.165) is 12.0 Å². The van der Waals surface area contributed by atoms with E-state index in [1.54, 1.807) is 0 Å².